The van der Waals surface area contributed by atoms with E-state index < -0.39 is 5.97 Å². The van der Waals surface area contributed by atoms with Crippen molar-refractivity contribution in [2.45, 2.75) is 18.5 Å². The molecule has 6 heteroatoms. The van der Waals surface area contributed by atoms with Gasteiger partial charge in [-0.1, -0.05) is 0 Å². The summed E-state index contributed by atoms with van der Waals surface area (Å²) in [7, 11) is 0. The zero-order chi connectivity index (χ0) is 10.7. The van der Waals surface area contributed by atoms with Crippen LogP contribution >= 0.6 is 11.8 Å². The molecule has 1 heterocycles. The third-order valence-corrected chi connectivity index (χ3v) is 2.31. The topological polar surface area (TPSA) is 72.2 Å². The lowest BCUT2D eigenvalue weighted by molar-refractivity contribution is -0.137. The second kappa shape index (κ2) is 4.28. The van der Waals surface area contributed by atoms with Gasteiger partial charge in [-0.2, -0.15) is 0 Å². The van der Waals surface area contributed by atoms with Crippen LogP contribution in [0, 0.1) is 6.92 Å². The Bertz CT molecular complexity index is 414. The van der Waals surface area contributed by atoms with Gasteiger partial charge in [-0.15, -0.1) is 11.8 Å². The Labute approximate surface area is 84.8 Å². The van der Waals surface area contributed by atoms with Gasteiger partial charge in [0, 0.05) is 6.07 Å². The lowest BCUT2D eigenvalue weighted by Crippen LogP contribution is -2.26. The molecular weight excluding hydrogens is 204 g/mol. The summed E-state index contributed by atoms with van der Waals surface area (Å²) in [6.45, 7) is 1.27. The van der Waals surface area contributed by atoms with E-state index in [4.69, 9.17) is 5.11 Å². The maximum Gasteiger partial charge on any atom is 0.323 e. The number of aryl methyl sites for hydroxylation is 1. The minimum atomic E-state index is -1.05. The van der Waals surface area contributed by atoms with Crippen molar-refractivity contribution in [2.75, 3.05) is 6.26 Å². The van der Waals surface area contributed by atoms with E-state index in [2.05, 4.69) is 4.98 Å². The number of aromatic nitrogens is 2. The Morgan fingerprint density at radius 3 is 2.79 bits per heavy atom. The third kappa shape index (κ3) is 2.35. The molecule has 0 spiro atoms. The molecule has 1 N–H and O–H groups in total. The molecule has 0 aliphatic carbocycles. The summed E-state index contributed by atoms with van der Waals surface area (Å²) in [6.07, 6.45) is 1.81. The third-order valence-electron chi connectivity index (χ3n) is 1.68. The molecule has 0 aliphatic rings. The first-order valence-electron chi connectivity index (χ1n) is 3.89. The molecule has 0 bridgehead atoms. The predicted octanol–water partition coefficient (Wildman–Crippen LogP) is 0.358. The highest BCUT2D eigenvalue weighted by molar-refractivity contribution is 7.98. The second-order valence-electron chi connectivity index (χ2n) is 2.66. The number of carboxylic acid groups (broad SMARTS) is 1. The fraction of sp³-hybridized carbons (Fsp3) is 0.375. The lowest BCUT2D eigenvalue weighted by atomic mass is 10.5. The highest BCUT2D eigenvalue weighted by atomic mass is 32.2. The Balaban J connectivity index is 3.18. The van der Waals surface area contributed by atoms with Gasteiger partial charge >= 0.3 is 5.97 Å². The van der Waals surface area contributed by atoms with E-state index in [9.17, 15) is 9.59 Å². The highest BCUT2D eigenvalue weighted by Crippen LogP contribution is 2.08. The van der Waals surface area contributed by atoms with Gasteiger partial charge in [0.1, 0.15) is 17.4 Å². The van der Waals surface area contributed by atoms with Gasteiger partial charge in [-0.05, 0) is 13.2 Å². The monoisotopic (exact) mass is 214 g/mol. The molecule has 1 rings (SSSR count). The quantitative estimate of drug-likeness (QED) is 0.581. The molecule has 1 aromatic heterocycles. The standard InChI is InChI=1S/C8H10N2O3S/c1-5-9-6(14-2)3-7(11)10(5)4-8(12)13/h3H,4H2,1-2H3,(H,12,13). The van der Waals surface area contributed by atoms with E-state index in [1.165, 1.54) is 17.8 Å². The largest absolute Gasteiger partial charge is 0.480 e. The molecular formula is C8H10N2O3S. The number of nitrogens with zero attached hydrogens (tertiary/aromatic N) is 2. The molecule has 0 aromatic carbocycles. The molecule has 0 saturated heterocycles. The molecule has 0 atom stereocenters. The van der Waals surface area contributed by atoms with Crippen LogP contribution in [0.1, 0.15) is 5.82 Å². The van der Waals surface area contributed by atoms with Crippen molar-refractivity contribution in [1.82, 2.24) is 9.55 Å². The van der Waals surface area contributed by atoms with Crippen LogP contribution in [0.25, 0.3) is 0 Å². The number of hydrogen-bond acceptors (Lipinski definition) is 4. The van der Waals surface area contributed by atoms with Crippen molar-refractivity contribution in [1.29, 1.82) is 0 Å². The molecule has 76 valence electrons. The molecule has 0 aliphatic heterocycles. The van der Waals surface area contributed by atoms with Gasteiger partial charge in [0.05, 0.1) is 0 Å². The van der Waals surface area contributed by atoms with Crippen LogP contribution in [-0.4, -0.2) is 26.9 Å². The Hall–Kier alpha value is -1.30. The first-order valence-corrected chi connectivity index (χ1v) is 5.11. The fourth-order valence-corrected chi connectivity index (χ4v) is 1.47. The minimum absolute atomic E-state index is 0.329. The average Bonchev–Trinajstić information content (AvgIpc) is 2.10. The number of carboxylic acids is 1. The summed E-state index contributed by atoms with van der Waals surface area (Å²) in [4.78, 5) is 25.9. The number of rotatable bonds is 3. The minimum Gasteiger partial charge on any atom is -0.480 e. The molecule has 0 amide bonds. The van der Waals surface area contributed by atoms with Gasteiger partial charge < -0.3 is 5.11 Å². The molecule has 1 aromatic rings. The summed E-state index contributed by atoms with van der Waals surface area (Å²) in [5, 5.41) is 9.16. The van der Waals surface area contributed by atoms with Gasteiger partial charge in [0.25, 0.3) is 5.56 Å². The lowest BCUT2D eigenvalue weighted by Gasteiger charge is -2.06. The molecule has 0 fully saturated rings. The molecule has 0 saturated carbocycles. The molecule has 0 radical (unpaired) electrons. The SMILES string of the molecule is CSc1cc(=O)n(CC(=O)O)c(C)n1. The van der Waals surface area contributed by atoms with Gasteiger partial charge in [0.2, 0.25) is 0 Å². The fourth-order valence-electron chi connectivity index (χ4n) is 1.03. The number of hydrogen-bond donors (Lipinski definition) is 1. The maximum atomic E-state index is 11.4. The van der Waals surface area contributed by atoms with Crippen LogP contribution in [0.5, 0.6) is 0 Å². The second-order valence-corrected chi connectivity index (χ2v) is 3.49. The van der Waals surface area contributed by atoms with E-state index in [-0.39, 0.29) is 12.1 Å². The van der Waals surface area contributed by atoms with Gasteiger partial charge in [-0.25, -0.2) is 4.98 Å². The first kappa shape index (κ1) is 10.8. The average molecular weight is 214 g/mol. The highest BCUT2D eigenvalue weighted by Gasteiger charge is 2.07. The molecule has 14 heavy (non-hydrogen) atoms. The number of thioether (sulfide) groups is 1. The maximum absolute atomic E-state index is 11.4. The van der Waals surface area contributed by atoms with Crippen LogP contribution < -0.4 is 5.56 Å². The first-order chi connectivity index (χ1) is 6.54. The van der Waals surface area contributed by atoms with Crippen molar-refractivity contribution in [3.8, 4) is 0 Å². The summed E-state index contributed by atoms with van der Waals surface area (Å²) in [5.74, 6) is -0.627. The number of carbonyl (C=O) groups is 1. The zero-order valence-electron chi connectivity index (χ0n) is 7.85. The van der Waals surface area contributed by atoms with E-state index in [0.717, 1.165) is 4.57 Å². The van der Waals surface area contributed by atoms with Crippen molar-refractivity contribution in [3.05, 3.63) is 22.2 Å². The van der Waals surface area contributed by atoms with Crippen molar-refractivity contribution in [3.63, 3.8) is 0 Å². The zero-order valence-corrected chi connectivity index (χ0v) is 8.67. The summed E-state index contributed by atoms with van der Waals surface area (Å²) < 4.78 is 1.13. The van der Waals surface area contributed by atoms with Crippen molar-refractivity contribution < 1.29 is 9.90 Å². The van der Waals surface area contributed by atoms with E-state index in [0.29, 0.717) is 10.9 Å². The van der Waals surface area contributed by atoms with E-state index >= 15 is 0 Å². The summed E-state index contributed by atoms with van der Waals surface area (Å²) >= 11 is 1.35. The van der Waals surface area contributed by atoms with E-state index in [1.54, 1.807) is 6.92 Å². The van der Waals surface area contributed by atoms with Crippen LogP contribution in [0.15, 0.2) is 15.9 Å². The number of aliphatic carboxylic acids is 1. The Morgan fingerprint density at radius 1 is 1.71 bits per heavy atom. The van der Waals surface area contributed by atoms with Crippen molar-refractivity contribution in [2.24, 2.45) is 0 Å². The normalized spacial score (nSPS) is 10.1. The van der Waals surface area contributed by atoms with Crippen LogP contribution in [0.4, 0.5) is 0 Å². The van der Waals surface area contributed by atoms with Gasteiger partial charge in [-0.3, -0.25) is 14.2 Å². The van der Waals surface area contributed by atoms with Crippen molar-refractivity contribution >= 4 is 17.7 Å². The van der Waals surface area contributed by atoms with E-state index in [1.807, 2.05) is 6.26 Å². The summed E-state index contributed by atoms with van der Waals surface area (Å²) in [5.41, 5.74) is -0.329. The molecule has 5 nitrogen and oxygen atoms in total. The van der Waals surface area contributed by atoms with Crippen LogP contribution in [0.2, 0.25) is 0 Å². The molecule has 0 unspecified atom stereocenters. The Kier molecular flexibility index (Phi) is 3.29. The van der Waals surface area contributed by atoms with Crippen LogP contribution in [-0.2, 0) is 11.3 Å². The predicted molar refractivity (Wildman–Crippen MR) is 52.7 cm³/mol. The summed E-state index contributed by atoms with van der Waals surface area (Å²) in [6, 6.07) is 1.33. The van der Waals surface area contributed by atoms with Crippen LogP contribution in [0.3, 0.4) is 0 Å². The van der Waals surface area contributed by atoms with Gasteiger partial charge in [0.15, 0.2) is 0 Å². The Morgan fingerprint density at radius 2 is 2.36 bits per heavy atom. The smallest absolute Gasteiger partial charge is 0.323 e.